The van der Waals surface area contributed by atoms with Crippen molar-refractivity contribution in [3.63, 3.8) is 0 Å². The Hall–Kier alpha value is -0.380. The van der Waals surface area contributed by atoms with Crippen molar-refractivity contribution in [1.82, 2.24) is 5.32 Å². The Labute approximate surface area is 89.3 Å². The summed E-state index contributed by atoms with van der Waals surface area (Å²) in [6.45, 7) is 3.10. The van der Waals surface area contributed by atoms with Crippen molar-refractivity contribution >= 4 is 11.3 Å². The van der Waals surface area contributed by atoms with E-state index in [1.807, 2.05) is 7.05 Å². The normalized spacial score (nSPS) is 26.1. The molecule has 2 rings (SSSR count). The zero-order valence-electron chi connectivity index (χ0n) is 8.75. The van der Waals surface area contributed by atoms with Gasteiger partial charge >= 0.3 is 0 Å². The van der Waals surface area contributed by atoms with E-state index >= 15 is 0 Å². The van der Waals surface area contributed by atoms with Crippen LogP contribution in [0.15, 0.2) is 11.4 Å². The number of nitrogens with one attached hydrogen (secondary N) is 1. The molecule has 2 unspecified atom stereocenters. The Kier molecular flexibility index (Phi) is 3.21. The first-order valence-corrected chi connectivity index (χ1v) is 6.11. The van der Waals surface area contributed by atoms with Gasteiger partial charge in [-0.3, -0.25) is 5.32 Å². The topological polar surface area (TPSA) is 21.3 Å². The molecule has 0 fully saturated rings. The number of rotatable bonds is 3. The van der Waals surface area contributed by atoms with E-state index in [4.69, 9.17) is 4.74 Å². The summed E-state index contributed by atoms with van der Waals surface area (Å²) in [6, 6.07) is 2.26. The average Bonchev–Trinajstić information content (AvgIpc) is 2.67. The van der Waals surface area contributed by atoms with E-state index < -0.39 is 0 Å². The summed E-state index contributed by atoms with van der Waals surface area (Å²) in [6.07, 6.45) is 2.59. The van der Waals surface area contributed by atoms with Crippen molar-refractivity contribution in [2.24, 2.45) is 0 Å². The highest BCUT2D eigenvalue weighted by Gasteiger charge is 2.27. The molecule has 0 saturated heterocycles. The highest BCUT2D eigenvalue weighted by atomic mass is 32.1. The predicted molar refractivity (Wildman–Crippen MR) is 59.7 cm³/mol. The van der Waals surface area contributed by atoms with Gasteiger partial charge in [0.15, 0.2) is 0 Å². The molecule has 0 aliphatic carbocycles. The number of thiophene rings is 1. The van der Waals surface area contributed by atoms with Gasteiger partial charge in [0, 0.05) is 5.92 Å². The maximum atomic E-state index is 5.78. The molecule has 3 heteroatoms. The second kappa shape index (κ2) is 4.43. The first-order valence-electron chi connectivity index (χ1n) is 5.23. The van der Waals surface area contributed by atoms with Crippen molar-refractivity contribution in [2.45, 2.75) is 31.9 Å². The highest BCUT2D eigenvalue weighted by Crippen LogP contribution is 2.38. The van der Waals surface area contributed by atoms with Crippen molar-refractivity contribution in [1.29, 1.82) is 0 Å². The lowest BCUT2D eigenvalue weighted by atomic mass is 9.94. The maximum absolute atomic E-state index is 5.78. The SMILES string of the molecule is CCCC1COC(NC)c2sccc21. The molecule has 0 saturated carbocycles. The quantitative estimate of drug-likeness (QED) is 0.830. The summed E-state index contributed by atoms with van der Waals surface area (Å²) in [4.78, 5) is 1.37. The van der Waals surface area contributed by atoms with Gasteiger partial charge in [-0.25, -0.2) is 0 Å². The van der Waals surface area contributed by atoms with Crippen LogP contribution < -0.4 is 5.32 Å². The molecule has 0 spiro atoms. The molecule has 0 bridgehead atoms. The minimum Gasteiger partial charge on any atom is -0.358 e. The molecule has 1 N–H and O–H groups in total. The first kappa shape index (κ1) is 10.1. The van der Waals surface area contributed by atoms with Crippen molar-refractivity contribution in [3.8, 4) is 0 Å². The summed E-state index contributed by atoms with van der Waals surface area (Å²) in [5.74, 6) is 0.617. The molecule has 78 valence electrons. The van der Waals surface area contributed by atoms with E-state index in [1.165, 1.54) is 23.3 Å². The van der Waals surface area contributed by atoms with E-state index in [1.54, 1.807) is 11.3 Å². The van der Waals surface area contributed by atoms with Gasteiger partial charge in [0.05, 0.1) is 11.5 Å². The number of ether oxygens (including phenoxy) is 1. The van der Waals surface area contributed by atoms with Gasteiger partial charge < -0.3 is 4.74 Å². The molecule has 1 aliphatic rings. The predicted octanol–water partition coefficient (Wildman–Crippen LogP) is 2.88. The van der Waals surface area contributed by atoms with Crippen LogP contribution in [0.5, 0.6) is 0 Å². The Bertz CT molecular complexity index is 297. The Morgan fingerprint density at radius 1 is 1.64 bits per heavy atom. The van der Waals surface area contributed by atoms with Gasteiger partial charge in [0.1, 0.15) is 6.23 Å². The summed E-state index contributed by atoms with van der Waals surface area (Å²) < 4.78 is 5.78. The molecule has 1 aromatic rings. The van der Waals surface area contributed by atoms with Gasteiger partial charge in [0.25, 0.3) is 0 Å². The van der Waals surface area contributed by atoms with Crippen molar-refractivity contribution < 1.29 is 4.74 Å². The summed E-state index contributed by atoms with van der Waals surface area (Å²) in [7, 11) is 1.95. The molecule has 1 aromatic heterocycles. The Morgan fingerprint density at radius 3 is 3.21 bits per heavy atom. The van der Waals surface area contributed by atoms with Crippen LogP contribution in [0.3, 0.4) is 0 Å². The Balaban J connectivity index is 2.23. The van der Waals surface area contributed by atoms with Crippen LogP contribution in [-0.2, 0) is 4.74 Å². The van der Waals surface area contributed by atoms with E-state index in [0.717, 1.165) is 6.61 Å². The van der Waals surface area contributed by atoms with Crippen LogP contribution in [-0.4, -0.2) is 13.7 Å². The monoisotopic (exact) mass is 211 g/mol. The molecular formula is C11H17NOS. The van der Waals surface area contributed by atoms with Gasteiger partial charge in [-0.2, -0.15) is 0 Å². The molecule has 14 heavy (non-hydrogen) atoms. The molecule has 1 aliphatic heterocycles. The van der Waals surface area contributed by atoms with Gasteiger partial charge in [-0.15, -0.1) is 11.3 Å². The van der Waals surface area contributed by atoms with E-state index in [0.29, 0.717) is 5.92 Å². The van der Waals surface area contributed by atoms with Crippen molar-refractivity contribution in [3.05, 3.63) is 21.9 Å². The summed E-state index contributed by atoms with van der Waals surface area (Å²) in [5, 5.41) is 5.37. The van der Waals surface area contributed by atoms with Crippen LogP contribution in [0.25, 0.3) is 0 Å². The third-order valence-electron chi connectivity index (χ3n) is 2.77. The summed E-state index contributed by atoms with van der Waals surface area (Å²) >= 11 is 1.80. The minimum atomic E-state index is 0.123. The van der Waals surface area contributed by atoms with Gasteiger partial charge in [-0.1, -0.05) is 13.3 Å². The van der Waals surface area contributed by atoms with Crippen LogP contribution >= 0.6 is 11.3 Å². The van der Waals surface area contributed by atoms with E-state index in [9.17, 15) is 0 Å². The average molecular weight is 211 g/mol. The third-order valence-corrected chi connectivity index (χ3v) is 3.74. The molecule has 0 aromatic carbocycles. The van der Waals surface area contributed by atoms with Crippen LogP contribution in [0.2, 0.25) is 0 Å². The zero-order chi connectivity index (χ0) is 9.97. The molecule has 2 atom stereocenters. The lowest BCUT2D eigenvalue weighted by Gasteiger charge is -2.28. The first-order chi connectivity index (χ1) is 6.86. The van der Waals surface area contributed by atoms with Crippen LogP contribution in [0, 0.1) is 0 Å². The molecule has 0 amide bonds. The molecule has 2 heterocycles. The maximum Gasteiger partial charge on any atom is 0.143 e. The molecule has 2 nitrogen and oxygen atoms in total. The Morgan fingerprint density at radius 2 is 2.50 bits per heavy atom. The highest BCUT2D eigenvalue weighted by molar-refractivity contribution is 7.10. The second-order valence-corrected chi connectivity index (χ2v) is 4.68. The third kappa shape index (κ3) is 1.72. The zero-order valence-corrected chi connectivity index (χ0v) is 9.56. The van der Waals surface area contributed by atoms with Gasteiger partial charge in [0.2, 0.25) is 0 Å². The summed E-state index contributed by atoms with van der Waals surface area (Å²) in [5.41, 5.74) is 1.50. The fraction of sp³-hybridized carbons (Fsp3) is 0.636. The standard InChI is InChI=1S/C11H17NOS/c1-3-4-8-7-13-11(12-2)10-9(8)5-6-14-10/h5-6,8,11-12H,3-4,7H2,1-2H3. The lowest BCUT2D eigenvalue weighted by Crippen LogP contribution is -2.27. The van der Waals surface area contributed by atoms with Crippen LogP contribution in [0.1, 0.15) is 42.4 Å². The van der Waals surface area contributed by atoms with Crippen molar-refractivity contribution in [2.75, 3.05) is 13.7 Å². The number of fused-ring (bicyclic) bond motifs is 1. The fourth-order valence-corrected chi connectivity index (χ4v) is 3.10. The van der Waals surface area contributed by atoms with Gasteiger partial charge in [-0.05, 0) is 30.5 Å². The lowest BCUT2D eigenvalue weighted by molar-refractivity contribution is 0.0119. The molecule has 0 radical (unpaired) electrons. The number of hydrogen-bond acceptors (Lipinski definition) is 3. The number of hydrogen-bond donors (Lipinski definition) is 1. The second-order valence-electron chi connectivity index (χ2n) is 3.73. The fourth-order valence-electron chi connectivity index (χ4n) is 2.06. The smallest absolute Gasteiger partial charge is 0.143 e. The van der Waals surface area contributed by atoms with Crippen LogP contribution in [0.4, 0.5) is 0 Å². The van der Waals surface area contributed by atoms with E-state index in [-0.39, 0.29) is 6.23 Å². The minimum absolute atomic E-state index is 0.123. The molecular weight excluding hydrogens is 194 g/mol. The largest absolute Gasteiger partial charge is 0.358 e. The van der Waals surface area contributed by atoms with E-state index in [2.05, 4.69) is 23.7 Å².